The molecular formula is C24H18N2O8S2. The van der Waals surface area contributed by atoms with Crippen LogP contribution in [0.4, 0.5) is 10.5 Å². The van der Waals surface area contributed by atoms with Crippen molar-refractivity contribution in [3.63, 3.8) is 0 Å². The predicted molar refractivity (Wildman–Crippen MR) is 132 cm³/mol. The molecule has 1 saturated heterocycles. The Morgan fingerprint density at radius 1 is 1.00 bits per heavy atom. The fourth-order valence-corrected chi connectivity index (χ4v) is 5.17. The van der Waals surface area contributed by atoms with Crippen LogP contribution in [0.2, 0.25) is 0 Å². The third kappa shape index (κ3) is 5.24. The van der Waals surface area contributed by atoms with Crippen molar-refractivity contribution in [1.82, 2.24) is 4.90 Å². The summed E-state index contributed by atoms with van der Waals surface area (Å²) >= 11 is 0.674. The third-order valence-corrected chi connectivity index (χ3v) is 7.26. The topological polar surface area (TPSA) is 133 Å². The smallest absolute Gasteiger partial charge is 0.339 e. The highest BCUT2D eigenvalue weighted by atomic mass is 32.2. The van der Waals surface area contributed by atoms with E-state index in [0.717, 1.165) is 4.90 Å². The summed E-state index contributed by atoms with van der Waals surface area (Å²) in [6.45, 7) is -0.258. The lowest BCUT2D eigenvalue weighted by Gasteiger charge is -2.12. The van der Waals surface area contributed by atoms with Crippen LogP contribution in [-0.4, -0.2) is 36.5 Å². The van der Waals surface area contributed by atoms with Crippen LogP contribution in [0.15, 0.2) is 82.6 Å². The van der Waals surface area contributed by atoms with E-state index in [4.69, 9.17) is 8.92 Å². The van der Waals surface area contributed by atoms with Gasteiger partial charge in [0.25, 0.3) is 16.8 Å². The lowest BCUT2D eigenvalue weighted by molar-refractivity contribution is -0.385. The zero-order valence-corrected chi connectivity index (χ0v) is 20.3. The minimum Gasteiger partial charge on any atom is -0.493 e. The van der Waals surface area contributed by atoms with Crippen LogP contribution in [-0.2, 0) is 21.5 Å². The average Bonchev–Trinajstić information content (AvgIpc) is 3.12. The Balaban J connectivity index is 1.60. The fourth-order valence-electron chi connectivity index (χ4n) is 3.38. The van der Waals surface area contributed by atoms with Gasteiger partial charge in [-0.1, -0.05) is 42.5 Å². The Bertz CT molecular complexity index is 1490. The predicted octanol–water partition coefficient (Wildman–Crippen LogP) is 4.61. The fraction of sp³-hybridized carbons (Fsp3) is 0.0833. The Morgan fingerprint density at radius 3 is 2.39 bits per heavy atom. The number of hydrogen-bond acceptors (Lipinski definition) is 9. The summed E-state index contributed by atoms with van der Waals surface area (Å²) in [5.41, 5.74) is 0.402. The van der Waals surface area contributed by atoms with Crippen molar-refractivity contribution in [2.24, 2.45) is 0 Å². The molecule has 0 aliphatic carbocycles. The van der Waals surface area contributed by atoms with E-state index in [0.29, 0.717) is 17.3 Å². The molecular weight excluding hydrogens is 508 g/mol. The summed E-state index contributed by atoms with van der Waals surface area (Å²) in [6.07, 6.45) is 1.41. The van der Waals surface area contributed by atoms with Gasteiger partial charge in [0.15, 0.2) is 11.5 Å². The standard InChI is InChI=1S/C24H18N2O8S2/c1-33-20-12-11-16(13-21(20)34-36(31,32)18-8-3-2-4-9-18)14-22-23(27)25(24(28)35-22)15-17-7-5-6-10-19(17)26(29)30/h2-14H,15H2,1H3/b22-14-. The van der Waals surface area contributed by atoms with Gasteiger partial charge in [-0.3, -0.25) is 24.6 Å². The van der Waals surface area contributed by atoms with Gasteiger partial charge in [-0.05, 0) is 47.7 Å². The minimum atomic E-state index is -4.15. The summed E-state index contributed by atoms with van der Waals surface area (Å²) in [5.74, 6) is -0.580. The molecule has 0 radical (unpaired) electrons. The van der Waals surface area contributed by atoms with Crippen molar-refractivity contribution in [2.75, 3.05) is 7.11 Å². The van der Waals surface area contributed by atoms with Crippen molar-refractivity contribution in [3.8, 4) is 11.5 Å². The number of nitro groups is 1. The number of carbonyl (C=O) groups is 2. The Kier molecular flexibility index (Phi) is 7.08. The van der Waals surface area contributed by atoms with Gasteiger partial charge >= 0.3 is 10.1 Å². The molecule has 0 unspecified atom stereocenters. The van der Waals surface area contributed by atoms with Crippen LogP contribution in [0.5, 0.6) is 11.5 Å². The lowest BCUT2D eigenvalue weighted by atomic mass is 10.1. The highest BCUT2D eigenvalue weighted by Crippen LogP contribution is 2.36. The first kappa shape index (κ1) is 24.9. The Labute approximate surface area is 210 Å². The number of benzene rings is 3. The lowest BCUT2D eigenvalue weighted by Crippen LogP contribution is -2.27. The number of hydrogen-bond donors (Lipinski definition) is 0. The summed E-state index contributed by atoms with van der Waals surface area (Å²) in [4.78, 5) is 37.1. The maximum absolute atomic E-state index is 12.9. The first-order valence-corrected chi connectivity index (χ1v) is 12.6. The van der Waals surface area contributed by atoms with E-state index in [1.54, 1.807) is 30.3 Å². The number of ether oxygens (including phenoxy) is 1. The highest BCUT2D eigenvalue weighted by molar-refractivity contribution is 8.18. The molecule has 1 aliphatic rings. The molecule has 3 aromatic carbocycles. The second-order valence-electron chi connectivity index (χ2n) is 7.41. The van der Waals surface area contributed by atoms with Crippen molar-refractivity contribution in [3.05, 3.63) is 98.9 Å². The van der Waals surface area contributed by atoms with Gasteiger partial charge in [0.05, 0.1) is 23.5 Å². The Hall–Kier alpha value is -4.16. The summed E-state index contributed by atoms with van der Waals surface area (Å²) in [7, 11) is -2.80. The molecule has 12 heteroatoms. The average molecular weight is 527 g/mol. The van der Waals surface area contributed by atoms with Crippen LogP contribution >= 0.6 is 11.8 Å². The first-order valence-electron chi connectivity index (χ1n) is 10.3. The SMILES string of the molecule is COc1ccc(/C=C2\SC(=O)N(Cc3ccccc3[N+](=O)[O-])C2=O)cc1OS(=O)(=O)c1ccccc1. The summed E-state index contributed by atoms with van der Waals surface area (Å²) in [6, 6.07) is 17.8. The van der Waals surface area contributed by atoms with E-state index in [1.807, 2.05) is 0 Å². The highest BCUT2D eigenvalue weighted by Gasteiger charge is 2.36. The number of nitro benzene ring substituents is 1. The van der Waals surface area contributed by atoms with Gasteiger partial charge < -0.3 is 8.92 Å². The van der Waals surface area contributed by atoms with Gasteiger partial charge in [0.2, 0.25) is 0 Å². The van der Waals surface area contributed by atoms with Gasteiger partial charge in [-0.25, -0.2) is 0 Å². The van der Waals surface area contributed by atoms with Crippen molar-refractivity contribution in [2.45, 2.75) is 11.4 Å². The maximum atomic E-state index is 12.9. The first-order chi connectivity index (χ1) is 17.2. The normalized spacial score (nSPS) is 14.8. The van der Waals surface area contributed by atoms with Crippen molar-refractivity contribution in [1.29, 1.82) is 0 Å². The van der Waals surface area contributed by atoms with E-state index in [1.165, 1.54) is 55.7 Å². The van der Waals surface area contributed by atoms with Crippen molar-refractivity contribution >= 4 is 44.8 Å². The van der Waals surface area contributed by atoms with Gasteiger partial charge in [-0.15, -0.1) is 0 Å². The number of amides is 2. The molecule has 3 aromatic rings. The third-order valence-electron chi connectivity index (χ3n) is 5.11. The van der Waals surface area contributed by atoms with E-state index < -0.39 is 26.2 Å². The van der Waals surface area contributed by atoms with Crippen LogP contribution in [0, 0.1) is 10.1 Å². The molecule has 184 valence electrons. The number of para-hydroxylation sites is 1. The van der Waals surface area contributed by atoms with Crippen LogP contribution < -0.4 is 8.92 Å². The molecule has 0 saturated carbocycles. The number of methoxy groups -OCH3 is 1. The molecule has 2 amide bonds. The van der Waals surface area contributed by atoms with E-state index in [2.05, 4.69) is 0 Å². The van der Waals surface area contributed by atoms with E-state index in [-0.39, 0.29) is 39.1 Å². The zero-order chi connectivity index (χ0) is 25.9. The molecule has 1 fully saturated rings. The van der Waals surface area contributed by atoms with Crippen LogP contribution in [0.3, 0.4) is 0 Å². The number of carbonyl (C=O) groups excluding carboxylic acids is 2. The molecule has 10 nitrogen and oxygen atoms in total. The minimum absolute atomic E-state index is 0.0476. The monoisotopic (exact) mass is 526 g/mol. The number of rotatable bonds is 8. The molecule has 0 atom stereocenters. The van der Waals surface area contributed by atoms with Crippen molar-refractivity contribution < 1.29 is 31.9 Å². The zero-order valence-electron chi connectivity index (χ0n) is 18.7. The van der Waals surface area contributed by atoms with E-state index >= 15 is 0 Å². The second-order valence-corrected chi connectivity index (χ2v) is 9.95. The molecule has 4 rings (SSSR count). The molecule has 0 aromatic heterocycles. The van der Waals surface area contributed by atoms with E-state index in [9.17, 15) is 28.1 Å². The molecule has 0 N–H and O–H groups in total. The van der Waals surface area contributed by atoms with Gasteiger partial charge in [0.1, 0.15) is 4.90 Å². The molecule has 0 spiro atoms. The number of thioether (sulfide) groups is 1. The quantitative estimate of drug-likeness (QED) is 0.179. The van der Waals surface area contributed by atoms with Crippen LogP contribution in [0.1, 0.15) is 11.1 Å². The molecule has 1 heterocycles. The largest absolute Gasteiger partial charge is 0.493 e. The number of nitrogens with zero attached hydrogens (tertiary/aromatic N) is 2. The molecule has 36 heavy (non-hydrogen) atoms. The molecule has 1 aliphatic heterocycles. The molecule has 0 bridgehead atoms. The summed E-state index contributed by atoms with van der Waals surface area (Å²) < 4.78 is 35.8. The second kappa shape index (κ2) is 10.2. The Morgan fingerprint density at radius 2 is 1.69 bits per heavy atom. The van der Waals surface area contributed by atoms with Gasteiger partial charge in [-0.2, -0.15) is 8.42 Å². The summed E-state index contributed by atoms with van der Waals surface area (Å²) in [5, 5.41) is 10.7. The number of imide groups is 1. The maximum Gasteiger partial charge on any atom is 0.339 e. The van der Waals surface area contributed by atoms with Crippen LogP contribution in [0.25, 0.3) is 6.08 Å². The van der Waals surface area contributed by atoms with Gasteiger partial charge in [0, 0.05) is 11.6 Å².